The third-order valence-corrected chi connectivity index (χ3v) is 5.37. The maximum absolute atomic E-state index is 5.32. The van der Waals surface area contributed by atoms with E-state index in [1.807, 2.05) is 6.07 Å². The number of piperidine rings is 1. The van der Waals surface area contributed by atoms with E-state index in [4.69, 9.17) is 4.74 Å². The van der Waals surface area contributed by atoms with Crippen LogP contribution in [0.15, 0.2) is 36.4 Å². The zero-order valence-corrected chi connectivity index (χ0v) is 15.2. The highest BCUT2D eigenvalue weighted by Crippen LogP contribution is 2.26. The van der Waals surface area contributed by atoms with Gasteiger partial charge in [-0.25, -0.2) is 0 Å². The van der Waals surface area contributed by atoms with Crippen LogP contribution in [0.2, 0.25) is 0 Å². The van der Waals surface area contributed by atoms with E-state index < -0.39 is 0 Å². The summed E-state index contributed by atoms with van der Waals surface area (Å²) in [5.74, 6) is 2.35. The van der Waals surface area contributed by atoms with E-state index in [0.29, 0.717) is 5.92 Å². The van der Waals surface area contributed by atoms with Gasteiger partial charge < -0.3 is 15.0 Å². The molecule has 1 N–H and O–H groups in total. The van der Waals surface area contributed by atoms with Crippen LogP contribution in [0.4, 0.5) is 0 Å². The molecule has 1 saturated heterocycles. The van der Waals surface area contributed by atoms with Crippen molar-refractivity contribution in [1.29, 1.82) is 0 Å². The molecule has 0 radical (unpaired) electrons. The lowest BCUT2D eigenvalue weighted by molar-refractivity contribution is 0.176. The topological polar surface area (TPSA) is 24.5 Å². The van der Waals surface area contributed by atoms with E-state index in [-0.39, 0.29) is 0 Å². The molecule has 1 fully saturated rings. The molecule has 2 aromatic rings. The van der Waals surface area contributed by atoms with E-state index in [1.165, 1.54) is 42.3 Å². The number of nitrogens with zero attached hydrogens (tertiary/aromatic N) is 1. The van der Waals surface area contributed by atoms with Gasteiger partial charge in [0.1, 0.15) is 5.75 Å². The van der Waals surface area contributed by atoms with Crippen molar-refractivity contribution in [3.05, 3.63) is 42.0 Å². The first-order valence-corrected chi connectivity index (χ1v) is 9.14. The van der Waals surface area contributed by atoms with Gasteiger partial charge in [0.05, 0.1) is 7.11 Å². The van der Waals surface area contributed by atoms with E-state index in [2.05, 4.69) is 54.5 Å². The summed E-state index contributed by atoms with van der Waals surface area (Å²) in [6, 6.07) is 13.2. The minimum Gasteiger partial charge on any atom is -0.497 e. The first-order valence-electron chi connectivity index (χ1n) is 9.14. The lowest BCUT2D eigenvalue weighted by atomic mass is 9.93. The predicted molar refractivity (Wildman–Crippen MR) is 102 cm³/mol. The molecule has 0 aromatic heterocycles. The lowest BCUT2D eigenvalue weighted by Gasteiger charge is -2.33. The number of nitrogens with one attached hydrogen (secondary N) is 1. The molecule has 24 heavy (non-hydrogen) atoms. The summed E-state index contributed by atoms with van der Waals surface area (Å²) in [6.07, 6.45) is 2.65. The van der Waals surface area contributed by atoms with Crippen LogP contribution in [0.5, 0.6) is 5.75 Å². The number of likely N-dealkylation sites (tertiary alicyclic amines) is 1. The number of hydrogen-bond donors (Lipinski definition) is 1. The van der Waals surface area contributed by atoms with Crippen molar-refractivity contribution in [3.63, 3.8) is 0 Å². The lowest BCUT2D eigenvalue weighted by Crippen LogP contribution is -2.38. The monoisotopic (exact) mass is 326 g/mol. The van der Waals surface area contributed by atoms with Gasteiger partial charge in [0, 0.05) is 6.54 Å². The Morgan fingerprint density at radius 2 is 1.83 bits per heavy atom. The average Bonchev–Trinajstić information content (AvgIpc) is 2.62. The van der Waals surface area contributed by atoms with E-state index in [1.54, 1.807) is 7.11 Å². The fraction of sp³-hybridized carbons (Fsp3) is 0.524. The molecule has 0 spiro atoms. The molecule has 1 heterocycles. The second-order valence-corrected chi connectivity index (χ2v) is 7.18. The van der Waals surface area contributed by atoms with Crippen molar-refractivity contribution < 1.29 is 4.74 Å². The zero-order valence-electron chi connectivity index (χ0n) is 15.2. The Hall–Kier alpha value is -1.58. The molecule has 2 aromatic carbocycles. The summed E-state index contributed by atoms with van der Waals surface area (Å²) >= 11 is 0. The highest BCUT2D eigenvalue weighted by atomic mass is 16.5. The smallest absolute Gasteiger partial charge is 0.119 e. The minimum absolute atomic E-state index is 0.567. The molecule has 0 aliphatic carbocycles. The molecule has 0 bridgehead atoms. The van der Waals surface area contributed by atoms with Gasteiger partial charge in [-0.2, -0.15) is 0 Å². The van der Waals surface area contributed by atoms with E-state index in [0.717, 1.165) is 24.8 Å². The van der Waals surface area contributed by atoms with Crippen molar-refractivity contribution in [2.75, 3.05) is 40.3 Å². The predicted octanol–water partition coefficient (Wildman–Crippen LogP) is 3.88. The summed E-state index contributed by atoms with van der Waals surface area (Å²) in [5.41, 5.74) is 1.44. The number of fused-ring (bicyclic) bond motifs is 1. The maximum atomic E-state index is 5.32. The van der Waals surface area contributed by atoms with Crippen molar-refractivity contribution in [1.82, 2.24) is 10.2 Å². The molecule has 130 valence electrons. The molecular formula is C21H30N2O. The zero-order chi connectivity index (χ0) is 16.9. The maximum Gasteiger partial charge on any atom is 0.119 e. The molecular weight excluding hydrogens is 296 g/mol. The van der Waals surface area contributed by atoms with Crippen molar-refractivity contribution in [3.8, 4) is 5.75 Å². The van der Waals surface area contributed by atoms with Gasteiger partial charge in [0.15, 0.2) is 0 Å². The molecule has 3 nitrogen and oxygen atoms in total. The molecule has 0 saturated carbocycles. The van der Waals surface area contributed by atoms with E-state index >= 15 is 0 Å². The largest absolute Gasteiger partial charge is 0.497 e. The third-order valence-electron chi connectivity index (χ3n) is 5.37. The van der Waals surface area contributed by atoms with Gasteiger partial charge in [-0.05, 0) is 79.8 Å². The van der Waals surface area contributed by atoms with Crippen LogP contribution in [-0.4, -0.2) is 45.2 Å². The highest BCUT2D eigenvalue weighted by molar-refractivity contribution is 5.84. The van der Waals surface area contributed by atoms with E-state index in [9.17, 15) is 0 Å². The van der Waals surface area contributed by atoms with Gasteiger partial charge in [-0.3, -0.25) is 0 Å². The summed E-state index contributed by atoms with van der Waals surface area (Å²) in [7, 11) is 3.78. The molecule has 1 unspecified atom stereocenters. The van der Waals surface area contributed by atoms with Crippen molar-refractivity contribution >= 4 is 10.8 Å². The van der Waals surface area contributed by atoms with Crippen molar-refractivity contribution in [2.24, 2.45) is 5.92 Å². The molecule has 0 amide bonds. The summed E-state index contributed by atoms with van der Waals surface area (Å²) in [4.78, 5) is 2.63. The number of methoxy groups -OCH3 is 1. The normalized spacial score (nSPS) is 18.0. The van der Waals surface area contributed by atoms with Crippen LogP contribution in [0.3, 0.4) is 0 Å². The molecule has 1 aliphatic heterocycles. The summed E-state index contributed by atoms with van der Waals surface area (Å²) in [6.45, 7) is 7.15. The van der Waals surface area contributed by atoms with Gasteiger partial charge in [-0.15, -0.1) is 0 Å². The average molecular weight is 326 g/mol. The number of rotatable bonds is 6. The second kappa shape index (κ2) is 8.00. The SMILES string of the molecule is CNCC1CCN(CC(C)c2ccc3cc(OC)ccc3c2)CC1. The quantitative estimate of drug-likeness (QED) is 0.872. The van der Waals surface area contributed by atoms with Crippen LogP contribution >= 0.6 is 0 Å². The Morgan fingerprint density at radius 1 is 1.12 bits per heavy atom. The second-order valence-electron chi connectivity index (χ2n) is 7.18. The van der Waals surface area contributed by atoms with Gasteiger partial charge in [0.2, 0.25) is 0 Å². The molecule has 1 aliphatic rings. The Bertz CT molecular complexity index is 662. The fourth-order valence-electron chi connectivity index (χ4n) is 3.83. The Balaban J connectivity index is 1.63. The summed E-state index contributed by atoms with van der Waals surface area (Å²) < 4.78 is 5.32. The molecule has 3 rings (SSSR count). The third kappa shape index (κ3) is 4.08. The number of hydrogen-bond acceptors (Lipinski definition) is 3. The molecule has 1 atom stereocenters. The Labute approximate surface area is 146 Å². The fourth-order valence-corrected chi connectivity index (χ4v) is 3.83. The molecule has 3 heteroatoms. The van der Waals surface area contributed by atoms with Gasteiger partial charge in [-0.1, -0.05) is 31.2 Å². The van der Waals surface area contributed by atoms with Gasteiger partial charge in [0.25, 0.3) is 0 Å². The minimum atomic E-state index is 0.567. The van der Waals surface area contributed by atoms with Crippen LogP contribution < -0.4 is 10.1 Å². The first-order chi connectivity index (χ1) is 11.7. The highest BCUT2D eigenvalue weighted by Gasteiger charge is 2.20. The van der Waals surface area contributed by atoms with Gasteiger partial charge >= 0.3 is 0 Å². The number of ether oxygens (including phenoxy) is 1. The Kier molecular flexibility index (Phi) is 5.75. The number of benzene rings is 2. The van der Waals surface area contributed by atoms with Crippen LogP contribution in [0.1, 0.15) is 31.2 Å². The van der Waals surface area contributed by atoms with Crippen LogP contribution in [0.25, 0.3) is 10.8 Å². The summed E-state index contributed by atoms with van der Waals surface area (Å²) in [5, 5.41) is 5.86. The van der Waals surface area contributed by atoms with Crippen LogP contribution in [0, 0.1) is 5.92 Å². The first kappa shape index (κ1) is 17.2. The van der Waals surface area contributed by atoms with Crippen molar-refractivity contribution in [2.45, 2.75) is 25.7 Å². The van der Waals surface area contributed by atoms with Crippen LogP contribution in [-0.2, 0) is 0 Å². The standard InChI is InChI=1S/C21H30N2O/c1-16(15-23-10-8-17(9-11-23)14-22-2)18-4-5-20-13-21(24-3)7-6-19(20)12-18/h4-7,12-13,16-17,22H,8-11,14-15H2,1-3H3. The Morgan fingerprint density at radius 3 is 2.54 bits per heavy atom.